The molecule has 1 atom stereocenters. The summed E-state index contributed by atoms with van der Waals surface area (Å²) in [4.78, 5) is 24.2. The number of carbonyl (C=O) groups is 2. The lowest BCUT2D eigenvalue weighted by Crippen LogP contribution is -2.49. The molecule has 28 heavy (non-hydrogen) atoms. The molecule has 7 heteroatoms. The Morgan fingerprint density at radius 1 is 0.964 bits per heavy atom. The van der Waals surface area contributed by atoms with Crippen LogP contribution in [0.25, 0.3) is 11.1 Å². The molecule has 2 rings (SSSR count). The number of ketones is 1. The SMILES string of the molecule is COC[C@@H](C)NC(=S)NNC(=O)CCC(=O)c1ccc(-c2ccccc2)cc1. The molecule has 1 amide bonds. The zero-order valence-electron chi connectivity index (χ0n) is 16.0. The summed E-state index contributed by atoms with van der Waals surface area (Å²) in [6.07, 6.45) is 0.195. The van der Waals surface area contributed by atoms with E-state index in [2.05, 4.69) is 16.2 Å². The van der Waals surface area contributed by atoms with Gasteiger partial charge in [-0.25, -0.2) is 0 Å². The molecule has 0 unspecified atom stereocenters. The number of hydrogen-bond donors (Lipinski definition) is 3. The predicted octanol–water partition coefficient (Wildman–Crippen LogP) is 2.85. The second-order valence-electron chi connectivity index (χ2n) is 6.37. The Kier molecular flexibility index (Phi) is 8.58. The van der Waals surface area contributed by atoms with Gasteiger partial charge in [-0.1, -0.05) is 54.6 Å². The van der Waals surface area contributed by atoms with Gasteiger partial charge in [-0.2, -0.15) is 0 Å². The van der Waals surface area contributed by atoms with E-state index in [1.165, 1.54) is 0 Å². The minimum absolute atomic E-state index is 0.0161. The van der Waals surface area contributed by atoms with Crippen molar-refractivity contribution in [2.75, 3.05) is 13.7 Å². The van der Waals surface area contributed by atoms with Crippen molar-refractivity contribution in [1.29, 1.82) is 0 Å². The third-order valence-corrected chi connectivity index (χ3v) is 4.22. The predicted molar refractivity (Wildman–Crippen MR) is 114 cm³/mol. The number of rotatable bonds is 8. The van der Waals surface area contributed by atoms with Gasteiger partial charge in [0.05, 0.1) is 6.61 Å². The number of benzene rings is 2. The average Bonchev–Trinajstić information content (AvgIpc) is 2.71. The monoisotopic (exact) mass is 399 g/mol. The van der Waals surface area contributed by atoms with Gasteiger partial charge < -0.3 is 10.1 Å². The summed E-state index contributed by atoms with van der Waals surface area (Å²) in [7, 11) is 1.60. The number of ether oxygens (including phenoxy) is 1. The molecule has 0 bridgehead atoms. The molecule has 0 saturated carbocycles. The van der Waals surface area contributed by atoms with Gasteiger partial charge in [-0.05, 0) is 30.3 Å². The van der Waals surface area contributed by atoms with E-state index in [0.29, 0.717) is 17.3 Å². The first-order chi connectivity index (χ1) is 13.5. The zero-order chi connectivity index (χ0) is 20.4. The Bertz CT molecular complexity index is 794. The van der Waals surface area contributed by atoms with Crippen molar-refractivity contribution < 1.29 is 14.3 Å². The van der Waals surface area contributed by atoms with Crippen LogP contribution < -0.4 is 16.2 Å². The van der Waals surface area contributed by atoms with E-state index < -0.39 is 0 Å². The molecule has 0 aliphatic rings. The van der Waals surface area contributed by atoms with Crippen molar-refractivity contribution in [3.63, 3.8) is 0 Å². The maximum absolute atomic E-state index is 12.3. The van der Waals surface area contributed by atoms with E-state index in [0.717, 1.165) is 11.1 Å². The van der Waals surface area contributed by atoms with Crippen LogP contribution in [0, 0.1) is 0 Å². The number of thiocarbonyl (C=S) groups is 1. The summed E-state index contributed by atoms with van der Waals surface area (Å²) in [5, 5.41) is 3.25. The van der Waals surface area contributed by atoms with Crippen LogP contribution in [0.1, 0.15) is 30.1 Å². The van der Waals surface area contributed by atoms with Crippen LogP contribution in [0.4, 0.5) is 0 Å². The normalized spacial score (nSPS) is 11.4. The summed E-state index contributed by atoms with van der Waals surface area (Å²) in [6.45, 7) is 2.40. The van der Waals surface area contributed by atoms with Crippen molar-refractivity contribution in [3.8, 4) is 11.1 Å². The first-order valence-corrected chi connectivity index (χ1v) is 9.43. The van der Waals surface area contributed by atoms with E-state index >= 15 is 0 Å². The first-order valence-electron chi connectivity index (χ1n) is 9.02. The summed E-state index contributed by atoms with van der Waals surface area (Å²) in [5.41, 5.74) is 7.82. The molecule has 148 valence electrons. The smallest absolute Gasteiger partial charge is 0.238 e. The molecule has 0 fully saturated rings. The maximum atomic E-state index is 12.3. The number of amides is 1. The van der Waals surface area contributed by atoms with Crippen molar-refractivity contribution in [2.24, 2.45) is 0 Å². The fourth-order valence-corrected chi connectivity index (χ4v) is 2.84. The van der Waals surface area contributed by atoms with Crippen LogP contribution in [0.15, 0.2) is 54.6 Å². The van der Waals surface area contributed by atoms with Gasteiger partial charge in [0.25, 0.3) is 0 Å². The van der Waals surface area contributed by atoms with Gasteiger partial charge in [0.15, 0.2) is 10.9 Å². The second-order valence-corrected chi connectivity index (χ2v) is 6.78. The third-order valence-electron chi connectivity index (χ3n) is 4.00. The quantitative estimate of drug-likeness (QED) is 0.360. The Hall–Kier alpha value is -2.77. The van der Waals surface area contributed by atoms with E-state index in [1.807, 2.05) is 49.4 Å². The Morgan fingerprint density at radius 3 is 2.25 bits per heavy atom. The molecule has 0 saturated heterocycles. The number of hydrogen-bond acceptors (Lipinski definition) is 4. The molecule has 0 heterocycles. The van der Waals surface area contributed by atoms with Crippen molar-refractivity contribution in [1.82, 2.24) is 16.2 Å². The van der Waals surface area contributed by atoms with Crippen LogP contribution in [-0.2, 0) is 9.53 Å². The molecular weight excluding hydrogens is 374 g/mol. The summed E-state index contributed by atoms with van der Waals surface area (Å²) < 4.78 is 4.99. The molecule has 0 aliphatic heterocycles. The highest BCUT2D eigenvalue weighted by Crippen LogP contribution is 2.19. The molecule has 0 radical (unpaired) electrons. The number of nitrogens with one attached hydrogen (secondary N) is 3. The molecular formula is C21H25N3O3S. The fourth-order valence-electron chi connectivity index (χ4n) is 2.59. The minimum atomic E-state index is -0.308. The molecule has 0 aromatic heterocycles. The fraction of sp³-hybridized carbons (Fsp3) is 0.286. The first kappa shape index (κ1) is 21.5. The highest BCUT2D eigenvalue weighted by Gasteiger charge is 2.10. The minimum Gasteiger partial charge on any atom is -0.383 e. The summed E-state index contributed by atoms with van der Waals surface area (Å²) in [6, 6.07) is 17.4. The number of carbonyl (C=O) groups excluding carboxylic acids is 2. The van der Waals surface area contributed by atoms with Crippen molar-refractivity contribution >= 4 is 29.0 Å². The number of methoxy groups -OCH3 is 1. The molecule has 0 aliphatic carbocycles. The van der Waals surface area contributed by atoms with Gasteiger partial charge >= 0.3 is 0 Å². The Labute approximate surface area is 170 Å². The molecule has 6 nitrogen and oxygen atoms in total. The number of hydrazine groups is 1. The topological polar surface area (TPSA) is 79.5 Å². The van der Waals surface area contributed by atoms with E-state index in [4.69, 9.17) is 17.0 Å². The van der Waals surface area contributed by atoms with Crippen LogP contribution >= 0.6 is 12.2 Å². The lowest BCUT2D eigenvalue weighted by Gasteiger charge is -2.16. The van der Waals surface area contributed by atoms with E-state index in [9.17, 15) is 9.59 Å². The second kappa shape index (κ2) is 11.2. The zero-order valence-corrected chi connectivity index (χ0v) is 16.8. The lowest BCUT2D eigenvalue weighted by molar-refractivity contribution is -0.121. The van der Waals surface area contributed by atoms with Gasteiger partial charge in [-0.15, -0.1) is 0 Å². The third kappa shape index (κ3) is 7.09. The van der Waals surface area contributed by atoms with Crippen LogP contribution in [0.5, 0.6) is 0 Å². The van der Waals surface area contributed by atoms with E-state index in [-0.39, 0.29) is 30.6 Å². The van der Waals surface area contributed by atoms with Crippen molar-refractivity contribution in [3.05, 3.63) is 60.2 Å². The summed E-state index contributed by atoms with van der Waals surface area (Å²) >= 11 is 5.07. The molecule has 3 N–H and O–H groups in total. The van der Waals surface area contributed by atoms with Gasteiger partial charge in [0.1, 0.15) is 0 Å². The lowest BCUT2D eigenvalue weighted by atomic mass is 10.0. The van der Waals surface area contributed by atoms with Gasteiger partial charge in [0, 0.05) is 31.6 Å². The van der Waals surface area contributed by atoms with Gasteiger partial charge in [0.2, 0.25) is 5.91 Å². The summed E-state index contributed by atoms with van der Waals surface area (Å²) in [5.74, 6) is -0.387. The van der Waals surface area contributed by atoms with Crippen LogP contribution in [-0.4, -0.2) is 36.6 Å². The molecule has 2 aromatic rings. The number of Topliss-reactive ketones (excluding diaryl/α,β-unsaturated/α-hetero) is 1. The highest BCUT2D eigenvalue weighted by atomic mass is 32.1. The van der Waals surface area contributed by atoms with Crippen molar-refractivity contribution in [2.45, 2.75) is 25.8 Å². The standard InChI is InChI=1S/C21H25N3O3S/c1-15(14-27-2)22-21(28)24-23-20(26)13-12-19(25)18-10-8-17(9-11-18)16-6-4-3-5-7-16/h3-11,15H,12-14H2,1-2H3,(H,23,26)(H2,22,24,28)/t15-/m1/s1. The molecule has 2 aromatic carbocycles. The maximum Gasteiger partial charge on any atom is 0.238 e. The Morgan fingerprint density at radius 2 is 1.61 bits per heavy atom. The van der Waals surface area contributed by atoms with Crippen LogP contribution in [0.3, 0.4) is 0 Å². The highest BCUT2D eigenvalue weighted by molar-refractivity contribution is 7.80. The van der Waals surface area contributed by atoms with Gasteiger partial charge in [-0.3, -0.25) is 20.4 Å². The molecule has 0 spiro atoms. The average molecular weight is 400 g/mol. The van der Waals surface area contributed by atoms with Crippen LogP contribution in [0.2, 0.25) is 0 Å². The van der Waals surface area contributed by atoms with E-state index in [1.54, 1.807) is 19.2 Å². The Balaban J connectivity index is 1.75. The largest absolute Gasteiger partial charge is 0.383 e.